The van der Waals surface area contributed by atoms with E-state index in [1.165, 1.54) is 12.1 Å². The molecule has 0 unspecified atom stereocenters. The highest BCUT2D eigenvalue weighted by Gasteiger charge is 2.17. The number of carboxylic acid groups (broad SMARTS) is 1. The number of aromatic amines is 1. The third kappa shape index (κ3) is 1.88. The molecule has 0 atom stereocenters. The van der Waals surface area contributed by atoms with Gasteiger partial charge in [-0.3, -0.25) is 5.10 Å². The van der Waals surface area contributed by atoms with Crippen LogP contribution in [0.4, 0.5) is 4.39 Å². The van der Waals surface area contributed by atoms with Crippen molar-refractivity contribution in [3.63, 3.8) is 0 Å². The number of benzene rings is 2. The fourth-order valence-corrected chi connectivity index (χ4v) is 3.55. The summed E-state index contributed by atoms with van der Waals surface area (Å²) < 4.78 is 14.8. The van der Waals surface area contributed by atoms with Gasteiger partial charge < -0.3 is 5.11 Å². The molecule has 0 radical (unpaired) electrons. The molecule has 6 heteroatoms. The summed E-state index contributed by atoms with van der Waals surface area (Å²) in [5.74, 6) is -2.06. The van der Waals surface area contributed by atoms with Gasteiger partial charge in [0, 0.05) is 16.2 Å². The molecule has 0 spiro atoms. The van der Waals surface area contributed by atoms with Crippen LogP contribution in [0.3, 0.4) is 0 Å². The molecule has 0 bridgehead atoms. The maximum absolute atomic E-state index is 13.7. The Hall–Kier alpha value is -2.73. The summed E-state index contributed by atoms with van der Waals surface area (Å²) in [4.78, 5) is 12.0. The molecule has 108 valence electrons. The molecule has 0 saturated carbocycles. The van der Waals surface area contributed by atoms with E-state index in [1.54, 1.807) is 11.3 Å². The van der Waals surface area contributed by atoms with Crippen LogP contribution in [0.2, 0.25) is 0 Å². The largest absolute Gasteiger partial charge is 0.478 e. The van der Waals surface area contributed by atoms with E-state index in [0.29, 0.717) is 16.6 Å². The van der Waals surface area contributed by atoms with Crippen LogP contribution < -0.4 is 0 Å². The predicted octanol–water partition coefficient (Wildman–Crippen LogP) is 4.28. The number of carbonyl (C=O) groups is 1. The number of hydrogen-bond donors (Lipinski definition) is 2. The Morgan fingerprint density at radius 2 is 2.05 bits per heavy atom. The third-order valence-corrected chi connectivity index (χ3v) is 4.66. The van der Waals surface area contributed by atoms with E-state index in [1.807, 2.05) is 30.3 Å². The zero-order valence-electron chi connectivity index (χ0n) is 11.1. The van der Waals surface area contributed by atoms with E-state index in [-0.39, 0.29) is 5.56 Å². The zero-order chi connectivity index (χ0) is 15.3. The lowest BCUT2D eigenvalue weighted by molar-refractivity contribution is 0.0692. The van der Waals surface area contributed by atoms with Gasteiger partial charge in [0.2, 0.25) is 0 Å². The van der Waals surface area contributed by atoms with E-state index in [0.717, 1.165) is 15.0 Å². The Kier molecular flexibility index (Phi) is 2.74. The zero-order valence-corrected chi connectivity index (χ0v) is 11.9. The van der Waals surface area contributed by atoms with Crippen molar-refractivity contribution in [3.8, 4) is 10.6 Å². The van der Waals surface area contributed by atoms with Gasteiger partial charge in [0.05, 0.1) is 16.0 Å². The molecule has 2 aromatic carbocycles. The molecule has 0 aliphatic rings. The van der Waals surface area contributed by atoms with Gasteiger partial charge in [-0.25, -0.2) is 9.18 Å². The van der Waals surface area contributed by atoms with Crippen LogP contribution in [-0.2, 0) is 0 Å². The van der Waals surface area contributed by atoms with Crippen molar-refractivity contribution in [2.24, 2.45) is 0 Å². The average Bonchev–Trinajstić information content (AvgIpc) is 3.08. The molecule has 22 heavy (non-hydrogen) atoms. The first-order valence-electron chi connectivity index (χ1n) is 6.53. The molecule has 4 aromatic rings. The minimum Gasteiger partial charge on any atom is -0.478 e. The molecule has 4 rings (SSSR count). The maximum atomic E-state index is 13.7. The highest BCUT2D eigenvalue weighted by Crippen LogP contribution is 2.36. The molecule has 0 saturated heterocycles. The quantitative estimate of drug-likeness (QED) is 0.580. The number of aromatic nitrogens is 2. The highest BCUT2D eigenvalue weighted by atomic mass is 32.1. The standard InChI is InChI=1S/C16H9FN2O2S/c17-11-7-12-10(6-9(11)16(20)21)15(19-18-12)14-5-8-3-1-2-4-13(8)22-14/h1-7H,(H,18,19)(H,20,21). The number of H-pyrrole nitrogens is 1. The Bertz CT molecular complexity index is 1000. The van der Waals surface area contributed by atoms with Crippen LogP contribution >= 0.6 is 11.3 Å². The van der Waals surface area contributed by atoms with Gasteiger partial charge in [0.1, 0.15) is 11.5 Å². The lowest BCUT2D eigenvalue weighted by Crippen LogP contribution is -1.99. The van der Waals surface area contributed by atoms with Crippen LogP contribution in [0.15, 0.2) is 42.5 Å². The van der Waals surface area contributed by atoms with Crippen LogP contribution in [0, 0.1) is 5.82 Å². The summed E-state index contributed by atoms with van der Waals surface area (Å²) in [5.41, 5.74) is 0.768. The molecule has 2 heterocycles. The number of nitrogens with zero attached hydrogens (tertiary/aromatic N) is 1. The van der Waals surface area contributed by atoms with Gasteiger partial charge in [0.15, 0.2) is 0 Å². The SMILES string of the molecule is O=C(O)c1cc2c(-c3cc4ccccc4s3)n[nH]c2cc1F. The number of halogens is 1. The average molecular weight is 312 g/mol. The van der Waals surface area contributed by atoms with Crippen molar-refractivity contribution in [2.75, 3.05) is 0 Å². The number of aromatic carboxylic acids is 1. The number of rotatable bonds is 2. The molecular formula is C16H9FN2O2S. The lowest BCUT2D eigenvalue weighted by Gasteiger charge is -1.98. The Morgan fingerprint density at radius 3 is 2.82 bits per heavy atom. The van der Waals surface area contributed by atoms with Gasteiger partial charge in [-0.2, -0.15) is 5.10 Å². The second kappa shape index (κ2) is 4.64. The summed E-state index contributed by atoms with van der Waals surface area (Å²) in [7, 11) is 0. The van der Waals surface area contributed by atoms with Crippen molar-refractivity contribution in [1.82, 2.24) is 10.2 Å². The maximum Gasteiger partial charge on any atom is 0.338 e. The fraction of sp³-hybridized carbons (Fsp3) is 0. The molecule has 0 aliphatic heterocycles. The normalized spacial score (nSPS) is 11.3. The lowest BCUT2D eigenvalue weighted by atomic mass is 10.1. The van der Waals surface area contributed by atoms with Crippen molar-refractivity contribution in [1.29, 1.82) is 0 Å². The van der Waals surface area contributed by atoms with Crippen LogP contribution in [-0.4, -0.2) is 21.3 Å². The van der Waals surface area contributed by atoms with Gasteiger partial charge in [-0.1, -0.05) is 18.2 Å². The molecule has 0 fully saturated rings. The topological polar surface area (TPSA) is 66.0 Å². The van der Waals surface area contributed by atoms with Crippen LogP contribution in [0.5, 0.6) is 0 Å². The summed E-state index contributed by atoms with van der Waals surface area (Å²) in [6.45, 7) is 0. The summed E-state index contributed by atoms with van der Waals surface area (Å²) >= 11 is 1.56. The molecule has 2 N–H and O–H groups in total. The monoisotopic (exact) mass is 312 g/mol. The predicted molar refractivity (Wildman–Crippen MR) is 83.8 cm³/mol. The minimum atomic E-state index is -1.29. The first kappa shape index (κ1) is 13.0. The molecule has 0 aliphatic carbocycles. The molecular weight excluding hydrogens is 303 g/mol. The van der Waals surface area contributed by atoms with Crippen LogP contribution in [0.25, 0.3) is 31.6 Å². The molecule has 4 nitrogen and oxygen atoms in total. The Balaban J connectivity index is 1.98. The number of fused-ring (bicyclic) bond motifs is 2. The van der Waals surface area contributed by atoms with E-state index in [4.69, 9.17) is 5.11 Å². The number of carboxylic acids is 1. The first-order chi connectivity index (χ1) is 10.6. The molecule has 0 amide bonds. The van der Waals surface area contributed by atoms with Gasteiger partial charge >= 0.3 is 5.97 Å². The van der Waals surface area contributed by atoms with E-state index in [2.05, 4.69) is 10.2 Å². The Labute approximate surface area is 127 Å². The van der Waals surface area contributed by atoms with Crippen molar-refractivity contribution < 1.29 is 14.3 Å². The van der Waals surface area contributed by atoms with Gasteiger partial charge in [-0.15, -0.1) is 11.3 Å². The van der Waals surface area contributed by atoms with Crippen molar-refractivity contribution >= 4 is 38.3 Å². The number of nitrogens with one attached hydrogen (secondary N) is 1. The Morgan fingerprint density at radius 1 is 1.23 bits per heavy atom. The summed E-state index contributed by atoms with van der Waals surface area (Å²) in [6, 6.07) is 12.4. The van der Waals surface area contributed by atoms with Gasteiger partial charge in [0.25, 0.3) is 0 Å². The smallest absolute Gasteiger partial charge is 0.338 e. The first-order valence-corrected chi connectivity index (χ1v) is 7.35. The van der Waals surface area contributed by atoms with Gasteiger partial charge in [-0.05, 0) is 23.6 Å². The molecule has 2 aromatic heterocycles. The van der Waals surface area contributed by atoms with Crippen LogP contribution in [0.1, 0.15) is 10.4 Å². The van der Waals surface area contributed by atoms with E-state index < -0.39 is 11.8 Å². The summed E-state index contributed by atoms with van der Waals surface area (Å²) in [6.07, 6.45) is 0. The van der Waals surface area contributed by atoms with Crippen molar-refractivity contribution in [3.05, 3.63) is 53.8 Å². The van der Waals surface area contributed by atoms with E-state index >= 15 is 0 Å². The number of thiophene rings is 1. The second-order valence-electron chi connectivity index (χ2n) is 4.90. The highest BCUT2D eigenvalue weighted by molar-refractivity contribution is 7.22. The summed E-state index contributed by atoms with van der Waals surface area (Å²) in [5, 5.41) is 17.8. The fourth-order valence-electron chi connectivity index (χ4n) is 2.49. The number of hydrogen-bond acceptors (Lipinski definition) is 3. The minimum absolute atomic E-state index is 0.351. The van der Waals surface area contributed by atoms with Crippen molar-refractivity contribution in [2.45, 2.75) is 0 Å². The second-order valence-corrected chi connectivity index (χ2v) is 5.99. The third-order valence-electron chi connectivity index (χ3n) is 3.54. The van der Waals surface area contributed by atoms with E-state index in [9.17, 15) is 9.18 Å².